The quantitative estimate of drug-likeness (QED) is 0.417. The molecule has 0 aliphatic rings. The first-order valence-corrected chi connectivity index (χ1v) is 7.32. The van der Waals surface area contributed by atoms with Gasteiger partial charge in [-0.2, -0.15) is 0 Å². The molecule has 2 N–H and O–H groups in total. The van der Waals surface area contributed by atoms with Crippen LogP contribution in [-0.2, 0) is 6.42 Å². The molecular formula is C16H29IN4. The van der Waals surface area contributed by atoms with E-state index in [1.54, 1.807) is 0 Å². The molecule has 120 valence electrons. The van der Waals surface area contributed by atoms with Crippen molar-refractivity contribution in [3.05, 3.63) is 35.9 Å². The van der Waals surface area contributed by atoms with Crippen LogP contribution in [-0.4, -0.2) is 51.1 Å². The Morgan fingerprint density at radius 3 is 2.38 bits per heavy atom. The predicted molar refractivity (Wildman–Crippen MR) is 103 cm³/mol. The highest BCUT2D eigenvalue weighted by atomic mass is 127. The van der Waals surface area contributed by atoms with E-state index in [2.05, 4.69) is 71.9 Å². The van der Waals surface area contributed by atoms with E-state index in [1.807, 2.05) is 7.05 Å². The van der Waals surface area contributed by atoms with Gasteiger partial charge in [0.25, 0.3) is 0 Å². The van der Waals surface area contributed by atoms with E-state index in [1.165, 1.54) is 5.56 Å². The van der Waals surface area contributed by atoms with Crippen LogP contribution in [0.4, 0.5) is 0 Å². The topological polar surface area (TPSA) is 39.7 Å². The number of nitrogens with one attached hydrogen (secondary N) is 2. The zero-order chi connectivity index (χ0) is 14.8. The number of aliphatic imine (C=N–C) groups is 1. The summed E-state index contributed by atoms with van der Waals surface area (Å²) >= 11 is 0. The van der Waals surface area contributed by atoms with Crippen LogP contribution in [0.15, 0.2) is 35.3 Å². The van der Waals surface area contributed by atoms with Crippen molar-refractivity contribution in [3.8, 4) is 0 Å². The summed E-state index contributed by atoms with van der Waals surface area (Å²) in [5.74, 6) is 0.881. The summed E-state index contributed by atoms with van der Waals surface area (Å²) < 4.78 is 0. The number of hydrogen-bond acceptors (Lipinski definition) is 2. The van der Waals surface area contributed by atoms with Gasteiger partial charge >= 0.3 is 0 Å². The molecule has 0 saturated heterocycles. The number of nitrogens with zero attached hydrogens (tertiary/aromatic N) is 2. The first kappa shape index (κ1) is 20.2. The Balaban J connectivity index is 0.00000400. The fourth-order valence-electron chi connectivity index (χ4n) is 2.00. The van der Waals surface area contributed by atoms with Gasteiger partial charge in [-0.3, -0.25) is 4.99 Å². The average molecular weight is 404 g/mol. The molecule has 21 heavy (non-hydrogen) atoms. The number of benzene rings is 1. The van der Waals surface area contributed by atoms with Crippen molar-refractivity contribution in [3.63, 3.8) is 0 Å². The van der Waals surface area contributed by atoms with E-state index < -0.39 is 0 Å². The zero-order valence-corrected chi connectivity index (χ0v) is 15.9. The third kappa shape index (κ3) is 8.26. The van der Waals surface area contributed by atoms with Gasteiger partial charge in [-0.1, -0.05) is 37.3 Å². The van der Waals surface area contributed by atoms with Crippen molar-refractivity contribution in [1.29, 1.82) is 0 Å². The third-order valence-corrected chi connectivity index (χ3v) is 3.32. The second kappa shape index (κ2) is 11.8. The lowest BCUT2D eigenvalue weighted by molar-refractivity contribution is 0.290. The highest BCUT2D eigenvalue weighted by Crippen LogP contribution is 2.06. The fourth-order valence-corrected chi connectivity index (χ4v) is 2.00. The van der Waals surface area contributed by atoms with Gasteiger partial charge in [-0.25, -0.2) is 0 Å². The molecule has 0 aliphatic heterocycles. The minimum Gasteiger partial charge on any atom is -0.356 e. The van der Waals surface area contributed by atoms with Crippen LogP contribution in [0.2, 0.25) is 0 Å². The van der Waals surface area contributed by atoms with E-state index in [0.717, 1.165) is 31.9 Å². The molecule has 1 aromatic rings. The maximum absolute atomic E-state index is 4.24. The molecule has 1 rings (SSSR count). The van der Waals surface area contributed by atoms with E-state index in [9.17, 15) is 0 Å². The van der Waals surface area contributed by atoms with Gasteiger partial charge in [0.15, 0.2) is 5.96 Å². The van der Waals surface area contributed by atoms with Crippen molar-refractivity contribution in [2.45, 2.75) is 25.8 Å². The number of likely N-dealkylation sites (N-methyl/N-ethyl adjacent to an activating group) is 1. The first-order chi connectivity index (χ1) is 9.67. The number of guanidine groups is 1. The zero-order valence-electron chi connectivity index (χ0n) is 13.6. The summed E-state index contributed by atoms with van der Waals surface area (Å²) in [5.41, 5.74) is 1.37. The number of halogens is 1. The summed E-state index contributed by atoms with van der Waals surface area (Å²) in [6.45, 7) is 3.98. The van der Waals surface area contributed by atoms with Gasteiger partial charge in [0, 0.05) is 26.2 Å². The molecule has 0 aliphatic carbocycles. The standard InChI is InChI=1S/C16H28N4.HI/c1-5-11-18-16(17-2)19-13-15(20(3)4)12-14-9-7-6-8-10-14;/h6-10,15H,5,11-13H2,1-4H3,(H2,17,18,19);1H. The lowest BCUT2D eigenvalue weighted by Crippen LogP contribution is -2.46. The second-order valence-corrected chi connectivity index (χ2v) is 5.19. The monoisotopic (exact) mass is 404 g/mol. The maximum Gasteiger partial charge on any atom is 0.191 e. The minimum absolute atomic E-state index is 0. The number of hydrogen-bond donors (Lipinski definition) is 2. The summed E-state index contributed by atoms with van der Waals surface area (Å²) in [6, 6.07) is 11.1. The Morgan fingerprint density at radius 2 is 1.86 bits per heavy atom. The van der Waals surface area contributed by atoms with E-state index in [-0.39, 0.29) is 24.0 Å². The largest absolute Gasteiger partial charge is 0.356 e. The molecule has 0 amide bonds. The van der Waals surface area contributed by atoms with Crippen LogP contribution in [0.5, 0.6) is 0 Å². The molecule has 0 radical (unpaired) electrons. The second-order valence-electron chi connectivity index (χ2n) is 5.19. The van der Waals surface area contributed by atoms with Gasteiger partial charge in [0.2, 0.25) is 0 Å². The van der Waals surface area contributed by atoms with Crippen LogP contribution in [0.1, 0.15) is 18.9 Å². The number of rotatable bonds is 7. The van der Waals surface area contributed by atoms with Crippen molar-refractivity contribution in [2.75, 3.05) is 34.2 Å². The summed E-state index contributed by atoms with van der Waals surface area (Å²) in [7, 11) is 6.06. The molecule has 0 fully saturated rings. The molecule has 1 aromatic carbocycles. The fraction of sp³-hybridized carbons (Fsp3) is 0.562. The van der Waals surface area contributed by atoms with E-state index in [4.69, 9.17) is 0 Å². The molecular weight excluding hydrogens is 375 g/mol. The summed E-state index contributed by atoms with van der Waals surface area (Å²) in [6.07, 6.45) is 2.13. The molecule has 4 nitrogen and oxygen atoms in total. The molecule has 0 heterocycles. The Hall–Kier alpha value is -0.820. The minimum atomic E-state index is 0. The van der Waals surface area contributed by atoms with Crippen LogP contribution < -0.4 is 10.6 Å². The van der Waals surface area contributed by atoms with Crippen molar-refractivity contribution >= 4 is 29.9 Å². The van der Waals surface area contributed by atoms with Gasteiger partial charge in [0.05, 0.1) is 0 Å². The molecule has 1 unspecified atom stereocenters. The smallest absolute Gasteiger partial charge is 0.191 e. The van der Waals surface area contributed by atoms with Crippen molar-refractivity contribution in [1.82, 2.24) is 15.5 Å². The Kier molecular flexibility index (Phi) is 11.3. The maximum atomic E-state index is 4.24. The lowest BCUT2D eigenvalue weighted by Gasteiger charge is -2.25. The highest BCUT2D eigenvalue weighted by Gasteiger charge is 2.12. The van der Waals surface area contributed by atoms with Crippen LogP contribution in [0.25, 0.3) is 0 Å². The lowest BCUT2D eigenvalue weighted by atomic mass is 10.1. The van der Waals surface area contributed by atoms with Gasteiger partial charge in [-0.05, 0) is 32.5 Å². The van der Waals surface area contributed by atoms with Crippen molar-refractivity contribution < 1.29 is 0 Å². The molecule has 0 spiro atoms. The Labute approximate surface area is 146 Å². The predicted octanol–water partition coefficient (Wildman–Crippen LogP) is 2.35. The van der Waals surface area contributed by atoms with Crippen LogP contribution in [0.3, 0.4) is 0 Å². The molecule has 1 atom stereocenters. The SMILES string of the molecule is CCCNC(=NC)NCC(Cc1ccccc1)N(C)C.I. The third-order valence-electron chi connectivity index (χ3n) is 3.32. The molecule has 0 aromatic heterocycles. The normalized spacial score (nSPS) is 12.7. The van der Waals surface area contributed by atoms with Gasteiger partial charge in [0.1, 0.15) is 0 Å². The van der Waals surface area contributed by atoms with Crippen LogP contribution >= 0.6 is 24.0 Å². The molecule has 0 saturated carbocycles. The van der Waals surface area contributed by atoms with Crippen molar-refractivity contribution in [2.24, 2.45) is 4.99 Å². The van der Waals surface area contributed by atoms with Gasteiger partial charge < -0.3 is 15.5 Å². The molecule has 5 heteroatoms. The van der Waals surface area contributed by atoms with Gasteiger partial charge in [-0.15, -0.1) is 24.0 Å². The molecule has 0 bridgehead atoms. The van der Waals surface area contributed by atoms with E-state index >= 15 is 0 Å². The first-order valence-electron chi connectivity index (χ1n) is 7.32. The summed E-state index contributed by atoms with van der Waals surface area (Å²) in [4.78, 5) is 6.50. The highest BCUT2D eigenvalue weighted by molar-refractivity contribution is 14.0. The Bertz CT molecular complexity index is 393. The van der Waals surface area contributed by atoms with E-state index in [0.29, 0.717) is 6.04 Å². The summed E-state index contributed by atoms with van der Waals surface area (Å²) in [5, 5.41) is 6.70. The average Bonchev–Trinajstić information content (AvgIpc) is 2.47. The Morgan fingerprint density at radius 1 is 1.19 bits per heavy atom. The van der Waals surface area contributed by atoms with Crippen LogP contribution in [0, 0.1) is 0 Å².